The van der Waals surface area contributed by atoms with Gasteiger partial charge in [0.05, 0.1) is 37.6 Å². The summed E-state index contributed by atoms with van der Waals surface area (Å²) in [6.45, 7) is 6.65. The van der Waals surface area contributed by atoms with Gasteiger partial charge in [-0.25, -0.2) is 14.4 Å². The fourth-order valence-electron chi connectivity index (χ4n) is 3.43. The van der Waals surface area contributed by atoms with Crippen molar-refractivity contribution in [3.8, 4) is 23.0 Å². The molecule has 45 heavy (non-hydrogen) atoms. The smallest absolute Gasteiger partial charge is 0.343 e. The summed E-state index contributed by atoms with van der Waals surface area (Å²) in [5.41, 5.74) is 0.578. The van der Waals surface area contributed by atoms with E-state index in [2.05, 4.69) is 6.58 Å². The Hall–Kier alpha value is -5.20. The molecule has 0 radical (unpaired) electrons. The van der Waals surface area contributed by atoms with Crippen LogP contribution < -0.4 is 18.9 Å². The first-order valence-electron chi connectivity index (χ1n) is 13.9. The minimum atomic E-state index is -0.583. The van der Waals surface area contributed by atoms with Crippen molar-refractivity contribution in [2.45, 2.75) is 6.92 Å². The molecule has 0 aromatic heterocycles. The Labute approximate surface area is 260 Å². The highest BCUT2D eigenvalue weighted by molar-refractivity contribution is 5.92. The van der Waals surface area contributed by atoms with E-state index in [9.17, 15) is 19.2 Å². The van der Waals surface area contributed by atoms with Gasteiger partial charge in [0.25, 0.3) is 0 Å². The first-order valence-corrected chi connectivity index (χ1v) is 13.9. The van der Waals surface area contributed by atoms with Crippen molar-refractivity contribution >= 4 is 23.9 Å². The summed E-state index contributed by atoms with van der Waals surface area (Å²) >= 11 is 0. The lowest BCUT2D eigenvalue weighted by molar-refractivity contribution is -0.142. The topological polar surface area (TPSA) is 142 Å². The maximum absolute atomic E-state index is 12.6. The number of esters is 4. The van der Waals surface area contributed by atoms with Gasteiger partial charge in [0.1, 0.15) is 49.4 Å². The molecule has 3 aromatic carbocycles. The van der Waals surface area contributed by atoms with Crippen LogP contribution in [0.2, 0.25) is 0 Å². The zero-order valence-corrected chi connectivity index (χ0v) is 24.8. The van der Waals surface area contributed by atoms with Gasteiger partial charge in [-0.15, -0.1) is 0 Å². The quantitative estimate of drug-likeness (QED) is 0.0818. The van der Waals surface area contributed by atoms with Crippen LogP contribution in [0.4, 0.5) is 0 Å². The highest BCUT2D eigenvalue weighted by Gasteiger charge is 2.12. The minimum Gasteiger partial charge on any atom is -0.491 e. The Morgan fingerprint density at radius 1 is 0.533 bits per heavy atom. The molecular weight excluding hydrogens is 588 g/mol. The van der Waals surface area contributed by atoms with Crippen molar-refractivity contribution in [3.63, 3.8) is 0 Å². The lowest BCUT2D eigenvalue weighted by Gasteiger charge is -2.09. The summed E-state index contributed by atoms with van der Waals surface area (Å²) in [6, 6.07) is 18.9. The van der Waals surface area contributed by atoms with E-state index < -0.39 is 17.9 Å². The second-order valence-electron chi connectivity index (χ2n) is 8.93. The molecule has 0 saturated heterocycles. The molecule has 0 aliphatic heterocycles. The summed E-state index contributed by atoms with van der Waals surface area (Å²) in [5, 5.41) is 0. The largest absolute Gasteiger partial charge is 0.491 e. The molecule has 0 unspecified atom stereocenters. The highest BCUT2D eigenvalue weighted by Crippen LogP contribution is 2.21. The van der Waals surface area contributed by atoms with Gasteiger partial charge in [0.2, 0.25) is 0 Å². The van der Waals surface area contributed by atoms with E-state index in [4.69, 9.17) is 37.9 Å². The predicted molar refractivity (Wildman–Crippen MR) is 160 cm³/mol. The van der Waals surface area contributed by atoms with Crippen molar-refractivity contribution in [2.24, 2.45) is 0 Å². The van der Waals surface area contributed by atoms with Crippen LogP contribution in [0.25, 0.3) is 0 Å². The summed E-state index contributed by atoms with van der Waals surface area (Å²) in [7, 11) is 0. The summed E-state index contributed by atoms with van der Waals surface area (Å²) < 4.78 is 42.1. The molecule has 12 nitrogen and oxygen atoms in total. The Bertz CT molecular complexity index is 1380. The molecule has 0 aliphatic carbocycles. The molecule has 0 amide bonds. The van der Waals surface area contributed by atoms with E-state index in [0.717, 1.165) is 6.08 Å². The predicted octanol–water partition coefficient (Wildman–Crippen LogP) is 4.21. The van der Waals surface area contributed by atoms with Crippen LogP contribution in [0.1, 0.15) is 27.6 Å². The zero-order valence-electron chi connectivity index (χ0n) is 24.8. The molecule has 3 rings (SSSR count). The van der Waals surface area contributed by atoms with Crippen molar-refractivity contribution < 1.29 is 57.1 Å². The monoisotopic (exact) mass is 622 g/mol. The summed E-state index contributed by atoms with van der Waals surface area (Å²) in [5.74, 6) is -0.339. The van der Waals surface area contributed by atoms with Crippen LogP contribution in [0.3, 0.4) is 0 Å². The van der Waals surface area contributed by atoms with E-state index in [0.29, 0.717) is 42.6 Å². The third kappa shape index (κ3) is 13.3. The Kier molecular flexibility index (Phi) is 14.6. The lowest BCUT2D eigenvalue weighted by Crippen LogP contribution is -2.12. The van der Waals surface area contributed by atoms with Gasteiger partial charge in [-0.05, 0) is 72.8 Å². The number of carbonyl (C=O) groups excluding carboxylic acids is 4. The van der Waals surface area contributed by atoms with Crippen molar-refractivity contribution in [3.05, 3.63) is 96.6 Å². The molecule has 0 heterocycles. The number of ether oxygens (including phenoxy) is 8. The maximum Gasteiger partial charge on any atom is 0.343 e. The van der Waals surface area contributed by atoms with Gasteiger partial charge in [-0.3, -0.25) is 4.79 Å². The van der Waals surface area contributed by atoms with E-state index >= 15 is 0 Å². The van der Waals surface area contributed by atoms with Crippen molar-refractivity contribution in [1.82, 2.24) is 0 Å². The molecule has 0 N–H and O–H groups in total. The average molecular weight is 623 g/mol. The number of hydrogen-bond acceptors (Lipinski definition) is 12. The van der Waals surface area contributed by atoms with Crippen molar-refractivity contribution in [1.29, 1.82) is 0 Å². The van der Waals surface area contributed by atoms with Gasteiger partial charge in [0, 0.05) is 13.0 Å². The normalized spacial score (nSPS) is 10.3. The van der Waals surface area contributed by atoms with Gasteiger partial charge >= 0.3 is 23.9 Å². The third-order valence-corrected chi connectivity index (χ3v) is 5.59. The first kappa shape index (κ1) is 34.3. The Balaban J connectivity index is 1.35. The molecule has 0 atom stereocenters. The van der Waals surface area contributed by atoms with E-state index in [1.165, 1.54) is 31.2 Å². The summed E-state index contributed by atoms with van der Waals surface area (Å²) in [6.07, 6.45) is 1.08. The van der Waals surface area contributed by atoms with Crippen molar-refractivity contribution in [2.75, 3.05) is 52.9 Å². The number of carbonyl (C=O) groups is 4. The summed E-state index contributed by atoms with van der Waals surface area (Å²) in [4.78, 5) is 46.7. The lowest BCUT2D eigenvalue weighted by atomic mass is 10.2. The van der Waals surface area contributed by atoms with E-state index in [1.807, 2.05) is 0 Å². The third-order valence-electron chi connectivity index (χ3n) is 5.59. The number of benzene rings is 3. The fourth-order valence-corrected chi connectivity index (χ4v) is 3.43. The van der Waals surface area contributed by atoms with Gasteiger partial charge in [-0.1, -0.05) is 6.58 Å². The highest BCUT2D eigenvalue weighted by atomic mass is 16.6. The SMILES string of the molecule is C=CC(=O)OCCOCCOc1ccc(C(=O)Oc2ccc(C(=O)Oc3ccc(OCCOCCOC(C)=O)cc3)cc2)cc1. The first-order chi connectivity index (χ1) is 21.8. The van der Waals surface area contributed by atoms with Gasteiger partial charge < -0.3 is 37.9 Å². The number of rotatable bonds is 19. The number of hydrogen-bond donors (Lipinski definition) is 0. The molecule has 0 spiro atoms. The molecule has 238 valence electrons. The van der Waals surface area contributed by atoms with Crippen LogP contribution in [0, 0.1) is 0 Å². The Morgan fingerprint density at radius 2 is 0.911 bits per heavy atom. The van der Waals surface area contributed by atoms with Gasteiger partial charge in [-0.2, -0.15) is 0 Å². The molecule has 0 bridgehead atoms. The van der Waals surface area contributed by atoms with Crippen LogP contribution in [-0.4, -0.2) is 76.7 Å². The molecule has 0 saturated carbocycles. The molecule has 12 heteroatoms. The van der Waals surface area contributed by atoms with Gasteiger partial charge in [0.15, 0.2) is 0 Å². The van der Waals surface area contributed by atoms with Crippen LogP contribution in [-0.2, 0) is 28.5 Å². The zero-order chi connectivity index (χ0) is 32.3. The molecule has 0 aliphatic rings. The van der Waals surface area contributed by atoms with Crippen LogP contribution >= 0.6 is 0 Å². The second-order valence-corrected chi connectivity index (χ2v) is 8.93. The molecule has 3 aromatic rings. The molecular formula is C33H34O12. The average Bonchev–Trinajstić information content (AvgIpc) is 3.05. The maximum atomic E-state index is 12.6. The van der Waals surface area contributed by atoms with E-state index in [-0.39, 0.29) is 50.3 Å². The van der Waals surface area contributed by atoms with Crippen LogP contribution in [0.5, 0.6) is 23.0 Å². The van der Waals surface area contributed by atoms with Crippen LogP contribution in [0.15, 0.2) is 85.5 Å². The second kappa shape index (κ2) is 19.2. The fraction of sp³-hybridized carbons (Fsp3) is 0.273. The van der Waals surface area contributed by atoms with E-state index in [1.54, 1.807) is 48.5 Å². The standard InChI is InChI=1S/C33H34O12/c1-3-31(35)43-23-19-39-18-21-41-27-8-4-25(5-9-27)32(36)44-29-10-6-26(7-11-29)33(37)45-30-14-12-28(13-15-30)42-22-17-38-16-20-40-24(2)34/h3-15H,1,16-23H2,2H3. The minimum absolute atomic E-state index is 0.126. The molecule has 0 fully saturated rings. The Morgan fingerprint density at radius 3 is 1.36 bits per heavy atom.